The molecule has 8 heteroatoms. The summed E-state index contributed by atoms with van der Waals surface area (Å²) in [4.78, 5) is 20.0. The number of nitrogens with zero attached hydrogens (tertiary/aromatic N) is 3. The summed E-state index contributed by atoms with van der Waals surface area (Å²) in [5.41, 5.74) is 3.93. The van der Waals surface area contributed by atoms with Crippen LogP contribution in [0.3, 0.4) is 0 Å². The number of aryl methyl sites for hydroxylation is 2. The number of hydrogen-bond acceptors (Lipinski definition) is 6. The van der Waals surface area contributed by atoms with Crippen LogP contribution in [0.1, 0.15) is 5.56 Å². The standard InChI is InChI=1S/C22H21N5O3/c1-14-4-6-15(7-5-14)25-21-26-18-12-16(8-9-19(18)27(21)3)29-17-10-11-24-20(13-17)30-22(28)23-2/h4-13H,1-3H3,(H,23,28)(H,25,26). The summed E-state index contributed by atoms with van der Waals surface area (Å²) in [6, 6.07) is 17.0. The van der Waals surface area contributed by atoms with E-state index in [1.807, 2.05) is 54.1 Å². The number of anilines is 2. The monoisotopic (exact) mass is 403 g/mol. The molecule has 30 heavy (non-hydrogen) atoms. The summed E-state index contributed by atoms with van der Waals surface area (Å²) < 4.78 is 12.9. The Balaban J connectivity index is 1.56. The highest BCUT2D eigenvalue weighted by Crippen LogP contribution is 2.29. The Hall–Kier alpha value is -4.07. The Morgan fingerprint density at radius 3 is 2.57 bits per heavy atom. The summed E-state index contributed by atoms with van der Waals surface area (Å²) in [5, 5.41) is 5.71. The molecule has 0 atom stereocenters. The summed E-state index contributed by atoms with van der Waals surface area (Å²) in [7, 11) is 3.43. The third-order valence-corrected chi connectivity index (χ3v) is 4.50. The first kappa shape index (κ1) is 19.3. The molecule has 2 N–H and O–H groups in total. The summed E-state index contributed by atoms with van der Waals surface area (Å²) in [5.74, 6) is 1.99. The number of nitrogens with one attached hydrogen (secondary N) is 2. The van der Waals surface area contributed by atoms with E-state index in [2.05, 4.69) is 27.5 Å². The maximum Gasteiger partial charge on any atom is 0.413 e. The van der Waals surface area contributed by atoms with Crippen LogP contribution in [-0.2, 0) is 7.05 Å². The van der Waals surface area contributed by atoms with Crippen LogP contribution in [0.2, 0.25) is 0 Å². The maximum atomic E-state index is 11.3. The van der Waals surface area contributed by atoms with Crippen molar-refractivity contribution in [2.75, 3.05) is 12.4 Å². The molecule has 0 aliphatic carbocycles. The molecule has 2 aromatic carbocycles. The molecule has 4 aromatic rings. The molecule has 1 amide bonds. The molecule has 0 saturated heterocycles. The first-order valence-electron chi connectivity index (χ1n) is 9.35. The smallest absolute Gasteiger partial charge is 0.413 e. The summed E-state index contributed by atoms with van der Waals surface area (Å²) >= 11 is 0. The number of amides is 1. The fraction of sp³-hybridized carbons (Fsp3) is 0.136. The summed E-state index contributed by atoms with van der Waals surface area (Å²) in [6.07, 6.45) is 0.916. The van der Waals surface area contributed by atoms with E-state index >= 15 is 0 Å². The number of carbonyl (C=O) groups excluding carboxylic acids is 1. The molecule has 0 aliphatic heterocycles. The Bertz CT molecular complexity index is 1200. The quantitative estimate of drug-likeness (QED) is 0.509. The molecule has 4 rings (SSSR count). The highest BCUT2D eigenvalue weighted by molar-refractivity contribution is 5.81. The lowest BCUT2D eigenvalue weighted by Gasteiger charge is -2.08. The predicted octanol–water partition coefficient (Wildman–Crippen LogP) is 4.53. The minimum absolute atomic E-state index is 0.148. The van der Waals surface area contributed by atoms with Gasteiger partial charge in [0.25, 0.3) is 0 Å². The average molecular weight is 403 g/mol. The van der Waals surface area contributed by atoms with Crippen LogP contribution >= 0.6 is 0 Å². The third-order valence-electron chi connectivity index (χ3n) is 4.50. The van der Waals surface area contributed by atoms with Crippen LogP contribution in [0, 0.1) is 6.92 Å². The predicted molar refractivity (Wildman–Crippen MR) is 115 cm³/mol. The molecule has 0 aliphatic rings. The van der Waals surface area contributed by atoms with Gasteiger partial charge in [-0.15, -0.1) is 0 Å². The van der Waals surface area contributed by atoms with E-state index in [-0.39, 0.29) is 5.88 Å². The lowest BCUT2D eigenvalue weighted by molar-refractivity contribution is 0.201. The van der Waals surface area contributed by atoms with Crippen molar-refractivity contribution >= 4 is 28.8 Å². The Labute approximate surface area is 173 Å². The molecule has 152 valence electrons. The van der Waals surface area contributed by atoms with Gasteiger partial charge in [-0.2, -0.15) is 0 Å². The molecule has 2 aromatic heterocycles. The van der Waals surface area contributed by atoms with Crippen LogP contribution in [0.15, 0.2) is 60.8 Å². The minimum Gasteiger partial charge on any atom is -0.457 e. The van der Waals surface area contributed by atoms with E-state index in [0.29, 0.717) is 11.5 Å². The average Bonchev–Trinajstić information content (AvgIpc) is 3.04. The fourth-order valence-electron chi connectivity index (χ4n) is 2.91. The van der Waals surface area contributed by atoms with Crippen molar-refractivity contribution in [3.05, 3.63) is 66.4 Å². The van der Waals surface area contributed by atoms with Crippen molar-refractivity contribution in [2.45, 2.75) is 6.92 Å². The van der Waals surface area contributed by atoms with Gasteiger partial charge in [-0.05, 0) is 37.3 Å². The normalized spacial score (nSPS) is 10.6. The molecule has 0 saturated carbocycles. The van der Waals surface area contributed by atoms with Crippen LogP contribution in [0.4, 0.5) is 16.4 Å². The number of pyridine rings is 1. The summed E-state index contributed by atoms with van der Waals surface area (Å²) in [6.45, 7) is 2.05. The zero-order chi connectivity index (χ0) is 21.1. The molecule has 0 fully saturated rings. The molecule has 0 bridgehead atoms. The van der Waals surface area contributed by atoms with Crippen LogP contribution in [0.5, 0.6) is 17.4 Å². The van der Waals surface area contributed by atoms with Gasteiger partial charge in [-0.1, -0.05) is 17.7 Å². The molecular weight excluding hydrogens is 382 g/mol. The number of rotatable bonds is 5. The maximum absolute atomic E-state index is 11.3. The molecule has 0 spiro atoms. The lowest BCUT2D eigenvalue weighted by atomic mass is 10.2. The van der Waals surface area contributed by atoms with Crippen molar-refractivity contribution in [3.8, 4) is 17.4 Å². The first-order valence-corrected chi connectivity index (χ1v) is 9.35. The number of fused-ring (bicyclic) bond motifs is 1. The fourth-order valence-corrected chi connectivity index (χ4v) is 2.91. The van der Waals surface area contributed by atoms with E-state index < -0.39 is 6.09 Å². The van der Waals surface area contributed by atoms with E-state index in [1.165, 1.54) is 18.8 Å². The zero-order valence-corrected chi connectivity index (χ0v) is 16.8. The Morgan fingerprint density at radius 1 is 1.03 bits per heavy atom. The largest absolute Gasteiger partial charge is 0.457 e. The number of hydrogen-bond donors (Lipinski definition) is 2. The second-order valence-electron chi connectivity index (χ2n) is 6.71. The third kappa shape index (κ3) is 4.17. The zero-order valence-electron chi connectivity index (χ0n) is 16.8. The van der Waals surface area contributed by atoms with E-state index in [4.69, 9.17) is 9.47 Å². The SMILES string of the molecule is CNC(=O)Oc1cc(Oc2ccc3c(c2)nc(Nc2ccc(C)cc2)n3C)ccn1. The van der Waals surface area contributed by atoms with Gasteiger partial charge in [-0.25, -0.2) is 14.8 Å². The van der Waals surface area contributed by atoms with E-state index in [1.54, 1.807) is 12.1 Å². The highest BCUT2D eigenvalue weighted by atomic mass is 16.6. The molecule has 0 radical (unpaired) electrons. The number of ether oxygens (including phenoxy) is 2. The van der Waals surface area contributed by atoms with Gasteiger partial charge < -0.3 is 24.7 Å². The molecule has 2 heterocycles. The van der Waals surface area contributed by atoms with Gasteiger partial charge in [0.2, 0.25) is 11.8 Å². The van der Waals surface area contributed by atoms with E-state index in [9.17, 15) is 4.79 Å². The van der Waals surface area contributed by atoms with Gasteiger partial charge >= 0.3 is 6.09 Å². The van der Waals surface area contributed by atoms with Crippen molar-refractivity contribution < 1.29 is 14.3 Å². The molecule has 0 unspecified atom stereocenters. The van der Waals surface area contributed by atoms with Gasteiger partial charge in [0, 0.05) is 38.1 Å². The van der Waals surface area contributed by atoms with Crippen LogP contribution in [-0.4, -0.2) is 27.7 Å². The Morgan fingerprint density at radius 2 is 1.80 bits per heavy atom. The van der Waals surface area contributed by atoms with Gasteiger partial charge in [0.1, 0.15) is 11.5 Å². The number of imidazole rings is 1. The number of aromatic nitrogens is 3. The van der Waals surface area contributed by atoms with Crippen molar-refractivity contribution in [2.24, 2.45) is 7.05 Å². The van der Waals surface area contributed by atoms with Crippen molar-refractivity contribution in [1.82, 2.24) is 19.9 Å². The molecular formula is C22H21N5O3. The van der Waals surface area contributed by atoms with Crippen molar-refractivity contribution in [3.63, 3.8) is 0 Å². The molecule has 8 nitrogen and oxygen atoms in total. The first-order chi connectivity index (χ1) is 14.5. The minimum atomic E-state index is -0.594. The van der Waals surface area contributed by atoms with E-state index in [0.717, 1.165) is 22.7 Å². The van der Waals surface area contributed by atoms with Gasteiger partial charge in [0.05, 0.1) is 11.0 Å². The van der Waals surface area contributed by atoms with Crippen LogP contribution < -0.4 is 20.1 Å². The second kappa shape index (κ2) is 8.12. The second-order valence-corrected chi connectivity index (χ2v) is 6.71. The Kier molecular flexibility index (Phi) is 5.21. The topological polar surface area (TPSA) is 90.3 Å². The van der Waals surface area contributed by atoms with Crippen LogP contribution in [0.25, 0.3) is 11.0 Å². The highest BCUT2D eigenvalue weighted by Gasteiger charge is 2.10. The lowest BCUT2D eigenvalue weighted by Crippen LogP contribution is -2.22. The van der Waals surface area contributed by atoms with Gasteiger partial charge in [-0.3, -0.25) is 0 Å². The van der Waals surface area contributed by atoms with Crippen molar-refractivity contribution in [1.29, 1.82) is 0 Å². The number of carbonyl (C=O) groups is 1. The number of benzene rings is 2. The van der Waals surface area contributed by atoms with Gasteiger partial charge in [0.15, 0.2) is 0 Å².